The molecule has 1 N–H and O–H groups in total. The molecule has 3 rings (SSSR count). The van der Waals surface area contributed by atoms with Crippen LogP contribution in [0.1, 0.15) is 19.8 Å². The number of anilines is 2. The Morgan fingerprint density at radius 2 is 1.82 bits per heavy atom. The van der Waals surface area contributed by atoms with Crippen molar-refractivity contribution in [1.82, 2.24) is 10.2 Å². The quantitative estimate of drug-likeness (QED) is 0.380. The van der Waals surface area contributed by atoms with Gasteiger partial charge in [0.25, 0.3) is 0 Å². The molecule has 1 unspecified atom stereocenters. The Hall–Kier alpha value is -2.69. The van der Waals surface area contributed by atoms with Crippen molar-refractivity contribution in [2.45, 2.75) is 25.8 Å². The number of rotatable bonds is 8. The van der Waals surface area contributed by atoms with Gasteiger partial charge in [0, 0.05) is 35.9 Å². The lowest BCUT2D eigenvalue weighted by Gasteiger charge is -2.28. The first-order chi connectivity index (χ1) is 15.8. The van der Waals surface area contributed by atoms with Crippen LogP contribution in [0.5, 0.6) is 0 Å². The molecule has 2 aromatic rings. The van der Waals surface area contributed by atoms with Crippen LogP contribution in [-0.2, 0) is 19.1 Å². The Balaban J connectivity index is 0.00000408. The average Bonchev–Trinajstić information content (AvgIpc) is 3.32. The molecule has 0 aromatic heterocycles. The number of ether oxygens (including phenoxy) is 2. The molecule has 8 nitrogen and oxygen atoms in total. The fourth-order valence-electron chi connectivity index (χ4n) is 3.45. The maximum absolute atomic E-state index is 13.4. The van der Waals surface area contributed by atoms with E-state index >= 15 is 0 Å². The first kappa shape index (κ1) is 27.6. The van der Waals surface area contributed by atoms with E-state index < -0.39 is 30.8 Å². The van der Waals surface area contributed by atoms with Gasteiger partial charge in [-0.2, -0.15) is 0 Å². The van der Waals surface area contributed by atoms with Gasteiger partial charge in [0.15, 0.2) is 0 Å². The normalized spacial score (nSPS) is 14.6. The lowest BCUT2D eigenvalue weighted by atomic mass is 10.2. The third kappa shape index (κ3) is 7.68. The maximum atomic E-state index is 13.4. The van der Waals surface area contributed by atoms with E-state index in [0.29, 0.717) is 12.1 Å². The Labute approximate surface area is 211 Å². The molecule has 2 amide bonds. The van der Waals surface area contributed by atoms with Gasteiger partial charge in [0.1, 0.15) is 11.9 Å². The highest BCUT2D eigenvalue weighted by Gasteiger charge is 2.25. The summed E-state index contributed by atoms with van der Waals surface area (Å²) < 4.78 is 24.3. The smallest absolute Gasteiger partial charge is 0.419 e. The predicted molar refractivity (Wildman–Crippen MR) is 131 cm³/mol. The lowest BCUT2D eigenvalue weighted by Crippen LogP contribution is -2.41. The number of carbonyl (C=O) groups excluding carboxylic acids is 3. The number of nitrogens with one attached hydrogen (secondary N) is 1. The second-order valence-corrected chi connectivity index (χ2v) is 8.33. The molecule has 1 fully saturated rings. The first-order valence-corrected chi connectivity index (χ1v) is 11.3. The Bertz CT molecular complexity index is 989. The SMILES string of the molecule is CC(=O)N(CCN(c1ccc(F)cc1)c1cccc(Br)c1)C(=O)OCOC(=O)C1CCCN1.Cl. The van der Waals surface area contributed by atoms with E-state index in [4.69, 9.17) is 9.47 Å². The summed E-state index contributed by atoms with van der Waals surface area (Å²) in [6.45, 7) is 1.63. The summed E-state index contributed by atoms with van der Waals surface area (Å²) in [6.07, 6.45) is 0.629. The minimum absolute atomic E-state index is 0. The standard InChI is InChI=1S/C23H25BrFN3O5.ClH/c1-16(29)27(23(31)33-15-32-22(30)21-6-3-11-26-21)12-13-28(19-9-7-18(25)8-10-19)20-5-2-4-17(24)14-20;/h2,4-5,7-10,14,21,26H,3,6,11-13,15H2,1H3;1H. The van der Waals surface area contributed by atoms with Gasteiger partial charge in [-0.15, -0.1) is 12.4 Å². The highest BCUT2D eigenvalue weighted by atomic mass is 79.9. The molecule has 0 bridgehead atoms. The van der Waals surface area contributed by atoms with Crippen molar-refractivity contribution < 1.29 is 28.2 Å². The van der Waals surface area contributed by atoms with Crippen LogP contribution >= 0.6 is 28.3 Å². The molecule has 0 saturated carbocycles. The van der Waals surface area contributed by atoms with Crippen molar-refractivity contribution in [3.8, 4) is 0 Å². The molecule has 0 spiro atoms. The van der Waals surface area contributed by atoms with Crippen molar-refractivity contribution in [3.05, 3.63) is 58.8 Å². The molecular formula is C23H26BrClFN3O5. The summed E-state index contributed by atoms with van der Waals surface area (Å²) in [4.78, 5) is 39.3. The van der Waals surface area contributed by atoms with Gasteiger partial charge in [-0.1, -0.05) is 22.0 Å². The number of imide groups is 1. The monoisotopic (exact) mass is 557 g/mol. The van der Waals surface area contributed by atoms with Crippen LogP contribution < -0.4 is 10.2 Å². The zero-order valence-electron chi connectivity index (χ0n) is 18.5. The molecule has 1 atom stereocenters. The van der Waals surface area contributed by atoms with Crippen LogP contribution in [0.4, 0.5) is 20.6 Å². The Morgan fingerprint density at radius 1 is 1.09 bits per heavy atom. The van der Waals surface area contributed by atoms with Crippen LogP contribution in [0.3, 0.4) is 0 Å². The number of carbonyl (C=O) groups is 3. The summed E-state index contributed by atoms with van der Waals surface area (Å²) in [5, 5.41) is 2.99. The number of hydrogen-bond donors (Lipinski definition) is 1. The van der Waals surface area contributed by atoms with Gasteiger partial charge >= 0.3 is 12.1 Å². The fraction of sp³-hybridized carbons (Fsp3) is 0.348. The summed E-state index contributed by atoms with van der Waals surface area (Å²) in [5.74, 6) is -1.38. The van der Waals surface area contributed by atoms with Crippen LogP contribution in [-0.4, -0.2) is 55.3 Å². The molecule has 1 saturated heterocycles. The Kier molecular flexibility index (Phi) is 10.7. The molecule has 1 aliphatic heterocycles. The minimum atomic E-state index is -0.914. The van der Waals surface area contributed by atoms with Crippen molar-refractivity contribution in [2.24, 2.45) is 0 Å². The van der Waals surface area contributed by atoms with Gasteiger partial charge in [0.05, 0.1) is 0 Å². The van der Waals surface area contributed by atoms with E-state index in [-0.39, 0.29) is 31.3 Å². The molecule has 0 radical (unpaired) electrons. The number of halogens is 3. The molecular weight excluding hydrogens is 533 g/mol. The van der Waals surface area contributed by atoms with Crippen molar-refractivity contribution >= 4 is 57.7 Å². The molecule has 0 aliphatic carbocycles. The van der Waals surface area contributed by atoms with E-state index in [1.807, 2.05) is 29.2 Å². The molecule has 11 heteroatoms. The number of hydrogen-bond acceptors (Lipinski definition) is 7. The molecule has 1 heterocycles. The van der Waals surface area contributed by atoms with E-state index in [1.54, 1.807) is 12.1 Å². The zero-order valence-corrected chi connectivity index (χ0v) is 20.9. The Morgan fingerprint density at radius 3 is 2.44 bits per heavy atom. The van der Waals surface area contributed by atoms with Crippen LogP contribution in [0.2, 0.25) is 0 Å². The van der Waals surface area contributed by atoms with Gasteiger partial charge in [0.2, 0.25) is 12.7 Å². The number of benzene rings is 2. The predicted octanol–water partition coefficient (Wildman–Crippen LogP) is 4.39. The summed E-state index contributed by atoms with van der Waals surface area (Å²) in [5.41, 5.74) is 1.47. The highest BCUT2D eigenvalue weighted by molar-refractivity contribution is 9.10. The second-order valence-electron chi connectivity index (χ2n) is 7.42. The zero-order chi connectivity index (χ0) is 23.8. The summed E-state index contributed by atoms with van der Waals surface area (Å²) in [7, 11) is 0. The van der Waals surface area contributed by atoms with Crippen molar-refractivity contribution in [2.75, 3.05) is 31.3 Å². The lowest BCUT2D eigenvalue weighted by molar-refractivity contribution is -0.154. The molecule has 2 aromatic carbocycles. The fourth-order valence-corrected chi connectivity index (χ4v) is 3.84. The number of esters is 1. The van der Waals surface area contributed by atoms with Gasteiger partial charge < -0.3 is 19.7 Å². The second kappa shape index (κ2) is 13.3. The van der Waals surface area contributed by atoms with E-state index in [9.17, 15) is 18.8 Å². The third-order valence-corrected chi connectivity index (χ3v) is 5.63. The number of nitrogens with zero attached hydrogens (tertiary/aromatic N) is 2. The molecule has 1 aliphatic rings. The minimum Gasteiger partial charge on any atom is -0.427 e. The van der Waals surface area contributed by atoms with E-state index in [1.165, 1.54) is 19.1 Å². The van der Waals surface area contributed by atoms with Crippen LogP contribution in [0, 0.1) is 5.82 Å². The van der Waals surface area contributed by atoms with Crippen LogP contribution in [0.25, 0.3) is 0 Å². The van der Waals surface area contributed by atoms with E-state index in [2.05, 4.69) is 21.2 Å². The molecule has 184 valence electrons. The number of amides is 2. The van der Waals surface area contributed by atoms with E-state index in [0.717, 1.165) is 28.0 Å². The third-order valence-electron chi connectivity index (χ3n) is 5.13. The van der Waals surface area contributed by atoms with Gasteiger partial charge in [-0.3, -0.25) is 9.59 Å². The first-order valence-electron chi connectivity index (χ1n) is 10.5. The largest absolute Gasteiger partial charge is 0.427 e. The topological polar surface area (TPSA) is 88.2 Å². The van der Waals surface area contributed by atoms with Crippen molar-refractivity contribution in [3.63, 3.8) is 0 Å². The van der Waals surface area contributed by atoms with Gasteiger partial charge in [-0.25, -0.2) is 14.1 Å². The van der Waals surface area contributed by atoms with Crippen LogP contribution in [0.15, 0.2) is 53.0 Å². The molecule has 34 heavy (non-hydrogen) atoms. The summed E-state index contributed by atoms with van der Waals surface area (Å²) in [6, 6.07) is 13.0. The van der Waals surface area contributed by atoms with Crippen molar-refractivity contribution in [1.29, 1.82) is 0 Å². The van der Waals surface area contributed by atoms with Gasteiger partial charge in [-0.05, 0) is 61.9 Å². The highest BCUT2D eigenvalue weighted by Crippen LogP contribution is 2.28. The maximum Gasteiger partial charge on any atom is 0.419 e. The summed E-state index contributed by atoms with van der Waals surface area (Å²) >= 11 is 3.43. The average molecular weight is 559 g/mol.